The Bertz CT molecular complexity index is 5370. The van der Waals surface area contributed by atoms with Crippen LogP contribution in [0.25, 0.3) is 88.5 Å². The highest BCUT2D eigenvalue weighted by Crippen LogP contribution is 2.35. The van der Waals surface area contributed by atoms with Crippen LogP contribution < -0.4 is 39.0 Å². The number of fused-ring (bicyclic) bond motifs is 4. The zero-order valence-electron chi connectivity index (χ0n) is 67.0. The average Bonchev–Trinajstić information content (AvgIpc) is 0.797. The van der Waals surface area contributed by atoms with Crippen LogP contribution in [-0.2, 0) is 34.6 Å². The molecule has 4 heterocycles. The van der Waals surface area contributed by atoms with E-state index in [0.29, 0.717) is 0 Å². The van der Waals surface area contributed by atoms with Gasteiger partial charge in [-0.05, 0) is 216 Å². The van der Waals surface area contributed by atoms with Gasteiger partial charge < -0.3 is 0 Å². The van der Waals surface area contributed by atoms with Gasteiger partial charge >= 0.3 is 0 Å². The van der Waals surface area contributed by atoms with Crippen molar-refractivity contribution < 1.29 is 18.3 Å². The number of aromatic nitrogens is 4. The van der Waals surface area contributed by atoms with Crippen LogP contribution in [0.15, 0.2) is 200 Å². The minimum Gasteiger partial charge on any atom is -0.200 e. The summed E-state index contributed by atoms with van der Waals surface area (Å²) in [6, 6.07) is 73.1. The lowest BCUT2D eigenvalue weighted by molar-refractivity contribution is -0.659. The van der Waals surface area contributed by atoms with Crippen LogP contribution in [0.5, 0.6) is 0 Å². The lowest BCUT2D eigenvalue weighted by atomic mass is 9.92. The molecule has 13 aromatic rings. The van der Waals surface area contributed by atoms with Crippen LogP contribution in [0.2, 0.25) is 52.4 Å². The van der Waals surface area contributed by atoms with Gasteiger partial charge in [0.15, 0.2) is 6.20 Å². The van der Waals surface area contributed by atoms with Gasteiger partial charge in [0.05, 0.1) is 27.1 Å². The number of rotatable bonds is 10. The Kier molecular flexibility index (Phi) is 22.4. The lowest BCUT2D eigenvalue weighted by Gasteiger charge is -2.25. The van der Waals surface area contributed by atoms with Crippen molar-refractivity contribution in [2.24, 2.45) is 34.1 Å². The van der Waals surface area contributed by atoms with E-state index in [0.717, 1.165) is 5.92 Å². The molecule has 0 atom stereocenters. The SMILES string of the molecule is Cc1cc(C)c(C)c(-c2c3ccc(CC4CCCC4)cc3cc[n+]2C)c1.Cc1cc(C)c(C)c(-c2cc([Si](C)(C)C)c3ccccc3[n+]2C)c1.Cc1cc(C)c(C)c(-c2cc([Si](C)(C)c3ccccc3)c3ccccc3[n+]2C)c1.Cc1cc(C)c(C)c(-c2ccc3cc([Si](C)(C)C)ccc3[n+]2C)c1. The number of para-hydroxylation sites is 2. The molecule has 0 saturated heterocycles. The number of benzene rings is 9. The van der Waals surface area contributed by atoms with Crippen LogP contribution >= 0.6 is 0 Å². The van der Waals surface area contributed by atoms with Crippen molar-refractivity contribution in [2.45, 2.75) is 168 Å². The Balaban J connectivity index is 0.000000138. The summed E-state index contributed by atoms with van der Waals surface area (Å²) in [6.45, 7) is 46.1. The minimum absolute atomic E-state index is 0.897. The molecule has 0 radical (unpaired) electrons. The Morgan fingerprint density at radius 2 is 0.786 bits per heavy atom. The summed E-state index contributed by atoms with van der Waals surface area (Å²) in [6.07, 6.45) is 9.13. The number of pyridine rings is 4. The molecule has 4 aromatic heterocycles. The van der Waals surface area contributed by atoms with E-state index >= 15 is 0 Å². The molecule has 0 bridgehead atoms. The highest BCUT2D eigenvalue weighted by Gasteiger charge is 2.33. The Labute approximate surface area is 621 Å². The van der Waals surface area contributed by atoms with Crippen LogP contribution in [0, 0.1) is 89.0 Å². The number of hydrogen-bond donors (Lipinski definition) is 0. The van der Waals surface area contributed by atoms with Crippen molar-refractivity contribution in [3.63, 3.8) is 0 Å². The second kappa shape index (κ2) is 30.5. The molecule has 528 valence electrons. The van der Waals surface area contributed by atoms with Gasteiger partial charge in [0.25, 0.3) is 0 Å². The Morgan fingerprint density at radius 3 is 1.29 bits per heavy atom. The summed E-state index contributed by atoms with van der Waals surface area (Å²) in [5.74, 6) is 0.897. The second-order valence-electron chi connectivity index (χ2n) is 33.2. The molecule has 1 fully saturated rings. The van der Waals surface area contributed by atoms with Crippen LogP contribution in [0.4, 0.5) is 0 Å². The zero-order chi connectivity index (χ0) is 74.3. The molecule has 0 amide bonds. The third-order valence-corrected chi connectivity index (χ3v) is 30.6. The van der Waals surface area contributed by atoms with Gasteiger partial charge in [0, 0.05) is 75.3 Å². The molecular weight excluding hydrogens is 1290 g/mol. The fourth-order valence-electron chi connectivity index (χ4n) is 16.3. The van der Waals surface area contributed by atoms with E-state index in [-0.39, 0.29) is 0 Å². The van der Waals surface area contributed by atoms with E-state index in [1.807, 2.05) is 0 Å². The van der Waals surface area contributed by atoms with Gasteiger partial charge in [-0.3, -0.25) is 0 Å². The van der Waals surface area contributed by atoms with Crippen LogP contribution in [-0.4, -0.2) is 24.2 Å². The summed E-state index contributed by atoms with van der Waals surface area (Å²) in [4.78, 5) is 0. The van der Waals surface area contributed by atoms with Crippen molar-refractivity contribution in [1.29, 1.82) is 0 Å². The monoisotopic (exact) mass is 1410 g/mol. The van der Waals surface area contributed by atoms with E-state index in [2.05, 4.69) is 382 Å². The average molecular weight is 1410 g/mol. The molecule has 7 heteroatoms. The van der Waals surface area contributed by atoms with Crippen molar-refractivity contribution in [3.05, 3.63) is 273 Å². The number of aryl methyl sites for hydroxylation is 12. The molecule has 9 aromatic carbocycles. The molecule has 1 saturated carbocycles. The smallest absolute Gasteiger partial charge is 0.200 e. The molecule has 0 N–H and O–H groups in total. The predicted molar refractivity (Wildman–Crippen MR) is 454 cm³/mol. The highest BCUT2D eigenvalue weighted by atomic mass is 28.3. The first-order chi connectivity index (χ1) is 48.7. The minimum atomic E-state index is -1.87. The quantitative estimate of drug-likeness (QED) is 0.0958. The van der Waals surface area contributed by atoms with Crippen molar-refractivity contribution >= 4 is 88.4 Å². The maximum Gasteiger partial charge on any atom is 0.220 e. The Hall–Kier alpha value is -8.73. The maximum absolute atomic E-state index is 2.47. The molecule has 4 nitrogen and oxygen atoms in total. The van der Waals surface area contributed by atoms with Gasteiger partial charge in [-0.15, -0.1) is 0 Å². The fraction of sp³-hybridized carbons (Fsp3) is 0.312. The number of nitrogens with zero attached hydrogens (tertiary/aromatic N) is 4. The van der Waals surface area contributed by atoms with E-state index in [4.69, 9.17) is 0 Å². The zero-order valence-corrected chi connectivity index (χ0v) is 70.0. The van der Waals surface area contributed by atoms with E-state index in [1.165, 1.54) is 208 Å². The summed E-state index contributed by atoms with van der Waals surface area (Å²) < 4.78 is 9.35. The molecule has 14 rings (SSSR count). The van der Waals surface area contributed by atoms with Crippen molar-refractivity contribution in [2.75, 3.05) is 0 Å². The third-order valence-electron chi connectivity index (χ3n) is 22.9. The molecule has 0 aliphatic heterocycles. The van der Waals surface area contributed by atoms with E-state index in [1.54, 1.807) is 5.19 Å². The van der Waals surface area contributed by atoms with Crippen molar-refractivity contribution in [1.82, 2.24) is 0 Å². The van der Waals surface area contributed by atoms with Gasteiger partial charge in [-0.2, -0.15) is 13.7 Å². The standard InChI is InChI=1S/C27H30NSi.C25H30N.2C22H28NSi/c1-19-16-20(2)21(3)24(17-19)26-18-27(23-14-10-11-15-25(23)28(26)4)29(5,6)22-12-8-7-9-13-22;1-17-13-18(2)19(3)24(14-17)25-23-10-9-21(15-20-7-5-6-8-20)16-22(23)11-12-26(25)4;1-15-12-16(2)17(3)20(13-15)22-10-8-18-14-19(24(5,6)7)9-11-21(18)23(22)4;1-15-12-16(2)17(3)19(13-15)21-14-22(24(5,6)7)18-10-8-9-11-20(18)23(21)4/h7-18H,1-6H3;9-14,16,20H,5-8,15H2,1-4H3;2*8-14H,1-7H3/q4*+1. The topological polar surface area (TPSA) is 15.5 Å². The normalized spacial score (nSPS) is 12.7. The molecular formula is C96H116N4Si3+4. The van der Waals surface area contributed by atoms with Gasteiger partial charge in [0.2, 0.25) is 39.3 Å². The first-order valence-electron chi connectivity index (χ1n) is 37.8. The largest absolute Gasteiger partial charge is 0.220 e. The second-order valence-corrected chi connectivity index (χ2v) is 47.6. The summed E-state index contributed by atoms with van der Waals surface area (Å²) in [5, 5.41) is 12.9. The predicted octanol–water partition coefficient (Wildman–Crippen LogP) is 20.7. The van der Waals surface area contributed by atoms with Gasteiger partial charge in [0.1, 0.15) is 36.3 Å². The summed E-state index contributed by atoms with van der Waals surface area (Å²) in [7, 11) is 4.16. The van der Waals surface area contributed by atoms with Crippen LogP contribution in [0.3, 0.4) is 0 Å². The van der Waals surface area contributed by atoms with E-state index in [9.17, 15) is 0 Å². The third kappa shape index (κ3) is 16.0. The Morgan fingerprint density at radius 1 is 0.340 bits per heavy atom. The van der Waals surface area contributed by atoms with Crippen LogP contribution in [0.1, 0.15) is 98.0 Å². The van der Waals surface area contributed by atoms with Gasteiger partial charge in [-0.25, -0.2) is 4.57 Å². The summed E-state index contributed by atoms with van der Waals surface area (Å²) >= 11 is 0. The van der Waals surface area contributed by atoms with E-state index < -0.39 is 24.2 Å². The number of hydrogen-bond acceptors (Lipinski definition) is 0. The molecule has 0 spiro atoms. The molecule has 1 aliphatic rings. The summed E-state index contributed by atoms with van der Waals surface area (Å²) in [5.41, 5.74) is 32.3. The first-order valence-corrected chi connectivity index (χ1v) is 47.8. The van der Waals surface area contributed by atoms with Gasteiger partial charge in [-0.1, -0.05) is 208 Å². The first kappa shape index (κ1) is 75.4. The molecule has 103 heavy (non-hydrogen) atoms. The molecule has 0 unspecified atom stereocenters. The lowest BCUT2D eigenvalue weighted by Crippen LogP contribution is -2.54. The highest BCUT2D eigenvalue weighted by molar-refractivity contribution is 7.01. The fourth-order valence-corrected chi connectivity index (χ4v) is 21.8. The maximum atomic E-state index is 2.47. The van der Waals surface area contributed by atoms with Crippen molar-refractivity contribution in [3.8, 4) is 45.0 Å². The molecule has 1 aliphatic carbocycles.